The van der Waals surface area contributed by atoms with Crippen LogP contribution in [0.25, 0.3) is 10.9 Å². The quantitative estimate of drug-likeness (QED) is 0.701. The summed E-state index contributed by atoms with van der Waals surface area (Å²) in [7, 11) is 1.62. The highest BCUT2D eigenvalue weighted by molar-refractivity contribution is 5.87. The molecule has 0 fully saturated rings. The number of fused-ring (bicyclic) bond motifs is 1. The van der Waals surface area contributed by atoms with Crippen molar-refractivity contribution >= 4 is 16.8 Å². The van der Waals surface area contributed by atoms with Gasteiger partial charge in [0.05, 0.1) is 12.6 Å². The second-order valence-corrected chi connectivity index (χ2v) is 6.38. The van der Waals surface area contributed by atoms with Gasteiger partial charge in [-0.15, -0.1) is 0 Å². The number of ether oxygens (including phenoxy) is 2. The highest BCUT2D eigenvalue weighted by Crippen LogP contribution is 2.28. The molecule has 0 unspecified atom stereocenters. The minimum atomic E-state index is -0.170. The maximum Gasteiger partial charge on any atom is 0.258 e. The summed E-state index contributed by atoms with van der Waals surface area (Å²) in [6, 6.07) is 15.9. The van der Waals surface area contributed by atoms with Crippen molar-refractivity contribution in [2.45, 2.75) is 26.4 Å². The van der Waals surface area contributed by atoms with Gasteiger partial charge < -0.3 is 19.4 Å². The van der Waals surface area contributed by atoms with Crippen molar-refractivity contribution < 1.29 is 14.3 Å². The summed E-state index contributed by atoms with van der Waals surface area (Å²) < 4.78 is 13.2. The van der Waals surface area contributed by atoms with Gasteiger partial charge in [0.15, 0.2) is 6.61 Å². The molecule has 0 aliphatic heterocycles. The second kappa shape index (κ2) is 7.95. The predicted octanol–water partition coefficient (Wildman–Crippen LogP) is 3.93. The molecular weight excluding hydrogens is 328 g/mol. The Morgan fingerprint density at radius 1 is 1.08 bits per heavy atom. The van der Waals surface area contributed by atoms with Gasteiger partial charge in [-0.3, -0.25) is 4.79 Å². The van der Waals surface area contributed by atoms with Crippen LogP contribution in [-0.4, -0.2) is 24.2 Å². The number of nitrogens with zero attached hydrogens (tertiary/aromatic N) is 1. The predicted molar refractivity (Wildman–Crippen MR) is 103 cm³/mol. The lowest BCUT2D eigenvalue weighted by molar-refractivity contribution is -0.123. The van der Waals surface area contributed by atoms with Crippen LogP contribution in [0, 0.1) is 0 Å². The summed E-state index contributed by atoms with van der Waals surface area (Å²) in [5.41, 5.74) is 2.03. The van der Waals surface area contributed by atoms with Crippen molar-refractivity contribution in [3.8, 4) is 11.5 Å². The first kappa shape index (κ1) is 17.9. The number of carbonyl (C=O) groups excluding carboxylic acids is 1. The highest BCUT2D eigenvalue weighted by Gasteiger charge is 2.10. The zero-order chi connectivity index (χ0) is 18.5. The Balaban J connectivity index is 1.62. The van der Waals surface area contributed by atoms with Crippen molar-refractivity contribution in [3.63, 3.8) is 0 Å². The molecule has 0 saturated heterocycles. The summed E-state index contributed by atoms with van der Waals surface area (Å²) in [5.74, 6) is 1.30. The van der Waals surface area contributed by atoms with Gasteiger partial charge in [0.25, 0.3) is 5.91 Å². The molecule has 1 N–H and O–H groups in total. The van der Waals surface area contributed by atoms with Crippen LogP contribution >= 0.6 is 0 Å². The number of carbonyl (C=O) groups is 1. The molecule has 136 valence electrons. The number of hydrogen-bond donors (Lipinski definition) is 1. The molecule has 3 aromatic rings. The Morgan fingerprint density at radius 3 is 2.62 bits per heavy atom. The van der Waals surface area contributed by atoms with Gasteiger partial charge in [0.1, 0.15) is 11.5 Å². The molecule has 0 aliphatic carbocycles. The summed E-state index contributed by atoms with van der Waals surface area (Å²) >= 11 is 0. The largest absolute Gasteiger partial charge is 0.496 e. The third-order valence-corrected chi connectivity index (χ3v) is 4.31. The molecule has 0 bridgehead atoms. The number of aromatic nitrogens is 1. The Labute approximate surface area is 153 Å². The van der Waals surface area contributed by atoms with Crippen LogP contribution in [0.1, 0.15) is 25.5 Å². The first-order valence-corrected chi connectivity index (χ1v) is 8.71. The SMILES string of the molecule is COc1ccccc1CNC(=O)COc1cccc2c1ccn2C(C)C. The summed E-state index contributed by atoms with van der Waals surface area (Å²) in [6.07, 6.45) is 2.05. The lowest BCUT2D eigenvalue weighted by Crippen LogP contribution is -2.28. The molecule has 5 heteroatoms. The summed E-state index contributed by atoms with van der Waals surface area (Å²) in [4.78, 5) is 12.2. The Bertz CT molecular complexity index is 899. The Hall–Kier alpha value is -2.95. The van der Waals surface area contributed by atoms with E-state index >= 15 is 0 Å². The van der Waals surface area contributed by atoms with Gasteiger partial charge in [0.2, 0.25) is 0 Å². The average Bonchev–Trinajstić information content (AvgIpc) is 3.09. The van der Waals surface area contributed by atoms with E-state index < -0.39 is 0 Å². The number of para-hydroxylation sites is 1. The fourth-order valence-electron chi connectivity index (χ4n) is 2.97. The van der Waals surface area contributed by atoms with E-state index in [9.17, 15) is 4.79 Å². The van der Waals surface area contributed by atoms with Crippen LogP contribution < -0.4 is 14.8 Å². The first-order chi connectivity index (χ1) is 12.6. The van der Waals surface area contributed by atoms with Crippen LogP contribution in [0.5, 0.6) is 11.5 Å². The molecule has 0 spiro atoms. The third-order valence-electron chi connectivity index (χ3n) is 4.31. The number of nitrogens with one attached hydrogen (secondary N) is 1. The molecule has 3 rings (SSSR count). The molecule has 26 heavy (non-hydrogen) atoms. The van der Waals surface area contributed by atoms with Gasteiger partial charge in [-0.1, -0.05) is 24.3 Å². The van der Waals surface area contributed by atoms with Crippen molar-refractivity contribution in [2.24, 2.45) is 0 Å². The Morgan fingerprint density at radius 2 is 1.85 bits per heavy atom. The molecule has 2 aromatic carbocycles. The number of benzene rings is 2. The zero-order valence-corrected chi connectivity index (χ0v) is 15.4. The molecule has 1 amide bonds. The number of amides is 1. The second-order valence-electron chi connectivity index (χ2n) is 6.38. The first-order valence-electron chi connectivity index (χ1n) is 8.71. The smallest absolute Gasteiger partial charge is 0.258 e. The molecule has 0 atom stereocenters. The molecular formula is C21H24N2O3. The topological polar surface area (TPSA) is 52.5 Å². The van der Waals surface area contributed by atoms with E-state index in [0.29, 0.717) is 18.3 Å². The molecule has 5 nitrogen and oxygen atoms in total. The van der Waals surface area contributed by atoms with Gasteiger partial charge in [0, 0.05) is 29.7 Å². The lowest BCUT2D eigenvalue weighted by Gasteiger charge is -2.12. The normalized spacial score (nSPS) is 10.9. The van der Waals surface area contributed by atoms with E-state index in [1.54, 1.807) is 7.11 Å². The van der Waals surface area contributed by atoms with Gasteiger partial charge in [-0.2, -0.15) is 0 Å². The monoisotopic (exact) mass is 352 g/mol. The fraction of sp³-hybridized carbons (Fsp3) is 0.286. The number of rotatable bonds is 7. The number of methoxy groups -OCH3 is 1. The van der Waals surface area contributed by atoms with Gasteiger partial charge >= 0.3 is 0 Å². The maximum absolute atomic E-state index is 12.2. The van der Waals surface area contributed by atoms with E-state index in [0.717, 1.165) is 22.2 Å². The van der Waals surface area contributed by atoms with Crippen LogP contribution in [0.15, 0.2) is 54.7 Å². The minimum Gasteiger partial charge on any atom is -0.496 e. The van der Waals surface area contributed by atoms with E-state index in [-0.39, 0.29) is 12.5 Å². The van der Waals surface area contributed by atoms with Crippen LogP contribution in [0.2, 0.25) is 0 Å². The van der Waals surface area contributed by atoms with Crippen molar-refractivity contribution in [2.75, 3.05) is 13.7 Å². The number of hydrogen-bond acceptors (Lipinski definition) is 3. The van der Waals surface area contributed by atoms with E-state index in [1.807, 2.05) is 48.7 Å². The van der Waals surface area contributed by atoms with E-state index in [1.165, 1.54) is 0 Å². The fourth-order valence-corrected chi connectivity index (χ4v) is 2.97. The minimum absolute atomic E-state index is 0.0267. The molecule has 0 aliphatic rings. The molecule has 0 radical (unpaired) electrons. The average molecular weight is 352 g/mol. The molecule has 1 aromatic heterocycles. The van der Waals surface area contributed by atoms with Crippen molar-refractivity contribution in [1.29, 1.82) is 0 Å². The van der Waals surface area contributed by atoms with Gasteiger partial charge in [-0.25, -0.2) is 0 Å². The lowest BCUT2D eigenvalue weighted by atomic mass is 10.2. The van der Waals surface area contributed by atoms with Crippen molar-refractivity contribution in [1.82, 2.24) is 9.88 Å². The van der Waals surface area contributed by atoms with Crippen LogP contribution in [-0.2, 0) is 11.3 Å². The summed E-state index contributed by atoms with van der Waals surface area (Å²) in [6.45, 7) is 4.65. The third kappa shape index (κ3) is 3.82. The highest BCUT2D eigenvalue weighted by atomic mass is 16.5. The van der Waals surface area contributed by atoms with E-state index in [2.05, 4.69) is 29.8 Å². The summed E-state index contributed by atoms with van der Waals surface area (Å²) in [5, 5.41) is 3.88. The van der Waals surface area contributed by atoms with E-state index in [4.69, 9.17) is 9.47 Å². The van der Waals surface area contributed by atoms with Crippen molar-refractivity contribution in [3.05, 3.63) is 60.3 Å². The standard InChI is InChI=1S/C21H24N2O3/c1-15(2)23-12-11-17-18(23)8-6-10-20(17)26-14-21(24)22-13-16-7-4-5-9-19(16)25-3/h4-12,15H,13-14H2,1-3H3,(H,22,24). The Kier molecular flexibility index (Phi) is 5.46. The van der Waals surface area contributed by atoms with Crippen LogP contribution in [0.3, 0.4) is 0 Å². The van der Waals surface area contributed by atoms with Crippen LogP contribution in [0.4, 0.5) is 0 Å². The van der Waals surface area contributed by atoms with Gasteiger partial charge in [-0.05, 0) is 38.1 Å². The zero-order valence-electron chi connectivity index (χ0n) is 15.4. The maximum atomic E-state index is 12.2. The molecule has 0 saturated carbocycles. The molecule has 1 heterocycles.